The normalized spacial score (nSPS) is 16.9. The molecule has 1 amide bonds. The third kappa shape index (κ3) is 3.94. The van der Waals surface area contributed by atoms with Gasteiger partial charge in [0.25, 0.3) is 0 Å². The van der Waals surface area contributed by atoms with Crippen molar-refractivity contribution in [2.45, 2.75) is 18.7 Å². The van der Waals surface area contributed by atoms with Gasteiger partial charge < -0.3 is 4.90 Å². The van der Waals surface area contributed by atoms with Gasteiger partial charge in [-0.05, 0) is 30.1 Å². The Bertz CT molecular complexity index is 445. The van der Waals surface area contributed by atoms with Crippen LogP contribution in [-0.4, -0.2) is 41.3 Å². The van der Waals surface area contributed by atoms with Gasteiger partial charge >= 0.3 is 0 Å². The standard InChI is InChI=1S/C14H19FN2OS/c1-11(2)14(18)16-6-8-17(9-7-16)19-13-5-3-4-12(15)10-13/h3-5,10-11H,6-9H2,1-2H3. The van der Waals surface area contributed by atoms with Crippen LogP contribution < -0.4 is 0 Å². The lowest BCUT2D eigenvalue weighted by Crippen LogP contribution is -2.47. The summed E-state index contributed by atoms with van der Waals surface area (Å²) < 4.78 is 15.3. The van der Waals surface area contributed by atoms with Crippen LogP contribution in [0.3, 0.4) is 0 Å². The smallest absolute Gasteiger partial charge is 0.225 e. The van der Waals surface area contributed by atoms with Crippen LogP contribution in [0.15, 0.2) is 29.2 Å². The van der Waals surface area contributed by atoms with Crippen molar-refractivity contribution in [1.29, 1.82) is 0 Å². The van der Waals surface area contributed by atoms with Gasteiger partial charge in [0.2, 0.25) is 5.91 Å². The molecular weight excluding hydrogens is 263 g/mol. The van der Waals surface area contributed by atoms with Crippen LogP contribution in [0.1, 0.15) is 13.8 Å². The number of hydrogen-bond acceptors (Lipinski definition) is 3. The number of amides is 1. The monoisotopic (exact) mass is 282 g/mol. The van der Waals surface area contributed by atoms with E-state index in [9.17, 15) is 9.18 Å². The predicted octanol–water partition coefficient (Wildman–Crippen LogP) is 2.63. The first-order chi connectivity index (χ1) is 9.06. The highest BCUT2D eigenvalue weighted by atomic mass is 32.2. The predicted molar refractivity (Wildman–Crippen MR) is 75.2 cm³/mol. The van der Waals surface area contributed by atoms with Crippen molar-refractivity contribution in [3.8, 4) is 0 Å². The van der Waals surface area contributed by atoms with E-state index in [4.69, 9.17) is 0 Å². The van der Waals surface area contributed by atoms with Crippen molar-refractivity contribution in [1.82, 2.24) is 9.21 Å². The average molecular weight is 282 g/mol. The lowest BCUT2D eigenvalue weighted by atomic mass is 10.2. The van der Waals surface area contributed by atoms with Crippen molar-refractivity contribution < 1.29 is 9.18 Å². The van der Waals surface area contributed by atoms with Crippen LogP contribution in [0.2, 0.25) is 0 Å². The van der Waals surface area contributed by atoms with E-state index in [-0.39, 0.29) is 17.6 Å². The molecule has 3 nitrogen and oxygen atoms in total. The van der Waals surface area contributed by atoms with Gasteiger partial charge in [-0.1, -0.05) is 19.9 Å². The first-order valence-electron chi connectivity index (χ1n) is 6.53. The molecule has 19 heavy (non-hydrogen) atoms. The number of piperazine rings is 1. The lowest BCUT2D eigenvalue weighted by molar-refractivity contribution is -0.135. The van der Waals surface area contributed by atoms with Crippen molar-refractivity contribution >= 4 is 17.9 Å². The molecule has 2 rings (SSSR count). The molecule has 1 aliphatic heterocycles. The molecule has 0 bridgehead atoms. The van der Waals surface area contributed by atoms with Gasteiger partial charge in [0.15, 0.2) is 0 Å². The fourth-order valence-corrected chi connectivity index (χ4v) is 2.99. The molecule has 5 heteroatoms. The average Bonchev–Trinajstić information content (AvgIpc) is 2.39. The Balaban J connectivity index is 1.85. The maximum atomic E-state index is 13.1. The minimum absolute atomic E-state index is 0.0578. The minimum Gasteiger partial charge on any atom is -0.340 e. The summed E-state index contributed by atoms with van der Waals surface area (Å²) in [5.41, 5.74) is 0. The first kappa shape index (κ1) is 14.3. The molecule has 1 saturated heterocycles. The molecule has 0 atom stereocenters. The Hall–Kier alpha value is -1.07. The SMILES string of the molecule is CC(C)C(=O)N1CCN(Sc2cccc(F)c2)CC1. The minimum atomic E-state index is -0.210. The van der Waals surface area contributed by atoms with E-state index in [0.29, 0.717) is 0 Å². The summed E-state index contributed by atoms with van der Waals surface area (Å²) >= 11 is 1.56. The molecule has 0 aliphatic carbocycles. The molecule has 0 aromatic heterocycles. The summed E-state index contributed by atoms with van der Waals surface area (Å²) in [6.07, 6.45) is 0. The highest BCUT2D eigenvalue weighted by Gasteiger charge is 2.23. The molecule has 0 radical (unpaired) electrons. The summed E-state index contributed by atoms with van der Waals surface area (Å²) in [5.74, 6) is 0.0662. The van der Waals surface area contributed by atoms with E-state index in [1.165, 1.54) is 12.1 Å². The van der Waals surface area contributed by atoms with E-state index >= 15 is 0 Å². The highest BCUT2D eigenvalue weighted by molar-refractivity contribution is 7.97. The number of hydrogen-bond donors (Lipinski definition) is 0. The fraction of sp³-hybridized carbons (Fsp3) is 0.500. The first-order valence-corrected chi connectivity index (χ1v) is 7.31. The van der Waals surface area contributed by atoms with Gasteiger partial charge in [-0.2, -0.15) is 0 Å². The molecular formula is C14H19FN2OS. The van der Waals surface area contributed by atoms with E-state index < -0.39 is 0 Å². The van der Waals surface area contributed by atoms with Crippen LogP contribution >= 0.6 is 11.9 Å². The molecule has 1 aliphatic rings. The Labute approximate surface area is 117 Å². The summed E-state index contributed by atoms with van der Waals surface area (Å²) in [6.45, 7) is 6.99. The summed E-state index contributed by atoms with van der Waals surface area (Å²) in [5, 5.41) is 0. The van der Waals surface area contributed by atoms with Crippen molar-refractivity contribution in [2.75, 3.05) is 26.2 Å². The second kappa shape index (κ2) is 6.39. The number of carbonyl (C=O) groups excluding carboxylic acids is 1. The van der Waals surface area contributed by atoms with Crippen LogP contribution in [-0.2, 0) is 4.79 Å². The van der Waals surface area contributed by atoms with Gasteiger partial charge in [0.05, 0.1) is 0 Å². The highest BCUT2D eigenvalue weighted by Crippen LogP contribution is 2.24. The van der Waals surface area contributed by atoms with E-state index in [2.05, 4.69) is 4.31 Å². The zero-order valence-corrected chi connectivity index (χ0v) is 12.1. The number of carbonyl (C=O) groups is 1. The summed E-state index contributed by atoms with van der Waals surface area (Å²) in [4.78, 5) is 14.7. The molecule has 0 spiro atoms. The molecule has 0 N–H and O–H groups in total. The second-order valence-electron chi connectivity index (χ2n) is 4.96. The Morgan fingerprint density at radius 2 is 1.95 bits per heavy atom. The van der Waals surface area contributed by atoms with Crippen molar-refractivity contribution in [2.24, 2.45) is 5.92 Å². The van der Waals surface area contributed by atoms with Gasteiger partial charge in [-0.15, -0.1) is 0 Å². The van der Waals surface area contributed by atoms with Crippen LogP contribution in [0.4, 0.5) is 4.39 Å². The molecule has 1 aromatic carbocycles. The largest absolute Gasteiger partial charge is 0.340 e. The van der Waals surface area contributed by atoms with Crippen molar-refractivity contribution in [3.63, 3.8) is 0 Å². The van der Waals surface area contributed by atoms with Crippen LogP contribution in [0.5, 0.6) is 0 Å². The number of rotatable bonds is 3. The third-order valence-electron chi connectivity index (χ3n) is 3.07. The molecule has 0 saturated carbocycles. The Kier molecular flexibility index (Phi) is 4.82. The zero-order valence-electron chi connectivity index (χ0n) is 11.3. The third-order valence-corrected chi connectivity index (χ3v) is 4.16. The fourth-order valence-electron chi connectivity index (χ4n) is 2.04. The Morgan fingerprint density at radius 1 is 1.26 bits per heavy atom. The summed E-state index contributed by atoms with van der Waals surface area (Å²) in [7, 11) is 0. The maximum absolute atomic E-state index is 13.1. The molecule has 1 heterocycles. The van der Waals surface area contributed by atoms with Gasteiger partial charge in [-0.25, -0.2) is 8.70 Å². The zero-order chi connectivity index (χ0) is 13.8. The topological polar surface area (TPSA) is 23.6 Å². The molecule has 1 aromatic rings. The van der Waals surface area contributed by atoms with E-state index in [1.807, 2.05) is 24.8 Å². The Morgan fingerprint density at radius 3 is 2.53 bits per heavy atom. The van der Waals surface area contributed by atoms with E-state index in [0.717, 1.165) is 31.1 Å². The van der Waals surface area contributed by atoms with Gasteiger partial charge in [0, 0.05) is 37.0 Å². The molecule has 104 valence electrons. The van der Waals surface area contributed by atoms with Gasteiger partial charge in [-0.3, -0.25) is 4.79 Å². The van der Waals surface area contributed by atoms with Crippen LogP contribution in [0, 0.1) is 11.7 Å². The molecule has 0 unspecified atom stereocenters. The number of benzene rings is 1. The number of halogens is 1. The molecule has 1 fully saturated rings. The van der Waals surface area contributed by atoms with Gasteiger partial charge in [0.1, 0.15) is 5.82 Å². The second-order valence-corrected chi connectivity index (χ2v) is 6.13. The van der Waals surface area contributed by atoms with Crippen LogP contribution in [0.25, 0.3) is 0 Å². The quantitative estimate of drug-likeness (QED) is 0.796. The number of nitrogens with zero attached hydrogens (tertiary/aromatic N) is 2. The maximum Gasteiger partial charge on any atom is 0.225 e. The lowest BCUT2D eigenvalue weighted by Gasteiger charge is -2.34. The van der Waals surface area contributed by atoms with Crippen molar-refractivity contribution in [3.05, 3.63) is 30.1 Å². The summed E-state index contributed by atoms with van der Waals surface area (Å²) in [6, 6.07) is 6.61. The van der Waals surface area contributed by atoms with E-state index in [1.54, 1.807) is 18.0 Å².